The molecule has 0 fully saturated rings. The van der Waals surface area contributed by atoms with Gasteiger partial charge in [-0.2, -0.15) is 5.10 Å². The Labute approximate surface area is 260 Å². The van der Waals surface area contributed by atoms with Crippen molar-refractivity contribution in [1.29, 1.82) is 0 Å². The third kappa shape index (κ3) is 7.05. The van der Waals surface area contributed by atoms with Crippen molar-refractivity contribution in [3.63, 3.8) is 0 Å². The first-order valence-corrected chi connectivity index (χ1v) is 13.9. The van der Waals surface area contributed by atoms with E-state index in [1.54, 1.807) is 36.4 Å². The summed E-state index contributed by atoms with van der Waals surface area (Å²) >= 11 is 6.78. The van der Waals surface area contributed by atoms with E-state index in [2.05, 4.69) is 47.7 Å². The van der Waals surface area contributed by atoms with Gasteiger partial charge in [-0.3, -0.25) is 19.7 Å². The maximum absolute atomic E-state index is 12.9. The molecule has 0 spiro atoms. The van der Waals surface area contributed by atoms with Crippen LogP contribution < -0.4 is 25.0 Å². The fourth-order valence-corrected chi connectivity index (χ4v) is 5.20. The number of non-ortho nitro benzene ring substituents is 1. The summed E-state index contributed by atoms with van der Waals surface area (Å²) in [6.45, 7) is 0.0690. The summed E-state index contributed by atoms with van der Waals surface area (Å²) in [4.78, 5) is 48.5. The Balaban J connectivity index is 1.26. The van der Waals surface area contributed by atoms with E-state index in [9.17, 15) is 24.5 Å². The lowest BCUT2D eigenvalue weighted by Gasteiger charge is -2.11. The van der Waals surface area contributed by atoms with Crippen LogP contribution in [0.4, 0.5) is 11.4 Å². The van der Waals surface area contributed by atoms with Crippen LogP contribution in [0.25, 0.3) is 0 Å². The van der Waals surface area contributed by atoms with E-state index in [0.29, 0.717) is 31.7 Å². The predicted molar refractivity (Wildman–Crippen MR) is 162 cm³/mol. The molecule has 0 aliphatic carbocycles. The Morgan fingerprint density at radius 2 is 1.63 bits per heavy atom. The van der Waals surface area contributed by atoms with Gasteiger partial charge in [-0.1, -0.05) is 22.0 Å². The smallest absolute Gasteiger partial charge is 0.343 e. The van der Waals surface area contributed by atoms with E-state index >= 15 is 0 Å². The van der Waals surface area contributed by atoms with E-state index in [-0.39, 0.29) is 34.9 Å². The number of carbonyl (C=O) groups is 3. The lowest BCUT2D eigenvalue weighted by molar-refractivity contribution is -0.384. The fraction of sp³-hybridized carbons (Fsp3) is 0.0345. The molecule has 0 saturated heterocycles. The van der Waals surface area contributed by atoms with Gasteiger partial charge in [0.15, 0.2) is 17.2 Å². The van der Waals surface area contributed by atoms with Gasteiger partial charge in [0.1, 0.15) is 0 Å². The number of nitro groups is 1. The SMILES string of the molecule is O=C(NN=Cc1cc(Br)cc(Br)c1OC(=O)c1ccc2c(c1)OCO2)c1cccc(NC(=O)c2ccc([N+](=O)[O-])cc2)c1. The molecule has 12 nitrogen and oxygen atoms in total. The molecule has 1 aliphatic rings. The van der Waals surface area contributed by atoms with Crippen molar-refractivity contribution in [3.8, 4) is 17.2 Å². The Morgan fingerprint density at radius 1 is 0.884 bits per heavy atom. The van der Waals surface area contributed by atoms with Gasteiger partial charge in [-0.05, 0) is 76.6 Å². The standard InChI is InChI=1S/C29H18Br2N4O8/c30-20-10-19(26(23(31)13-20)43-29(38)18-6-9-24-25(12-18)42-15-41-24)14-32-34-28(37)17-2-1-3-21(11-17)33-27(36)16-4-7-22(8-5-16)35(39)40/h1-14H,15H2,(H,33,36)(H,34,37). The molecule has 0 aromatic heterocycles. The van der Waals surface area contributed by atoms with Crippen molar-refractivity contribution < 1.29 is 33.5 Å². The molecule has 43 heavy (non-hydrogen) atoms. The normalized spacial score (nSPS) is 11.7. The number of hydrogen-bond donors (Lipinski definition) is 2. The highest BCUT2D eigenvalue weighted by molar-refractivity contribution is 9.11. The number of amides is 2. The number of nitrogens with zero attached hydrogens (tertiary/aromatic N) is 2. The Hall–Kier alpha value is -5.08. The first-order chi connectivity index (χ1) is 20.7. The zero-order valence-corrected chi connectivity index (χ0v) is 24.9. The number of ether oxygens (including phenoxy) is 3. The fourth-order valence-electron chi connectivity index (χ4n) is 3.86. The number of esters is 1. The van der Waals surface area contributed by atoms with Crippen LogP contribution in [-0.2, 0) is 0 Å². The van der Waals surface area contributed by atoms with E-state index in [1.807, 2.05) is 0 Å². The number of hydrogen-bond acceptors (Lipinski definition) is 9. The summed E-state index contributed by atoms with van der Waals surface area (Å²) in [5.41, 5.74) is 3.62. The van der Waals surface area contributed by atoms with E-state index in [0.717, 1.165) is 0 Å². The zero-order chi connectivity index (χ0) is 30.5. The molecule has 1 aliphatic heterocycles. The van der Waals surface area contributed by atoms with Crippen LogP contribution in [0.2, 0.25) is 0 Å². The molecular formula is C29H18Br2N4O8. The van der Waals surface area contributed by atoms with Crippen LogP contribution in [0.5, 0.6) is 17.2 Å². The lowest BCUT2D eigenvalue weighted by Crippen LogP contribution is -2.18. The average Bonchev–Trinajstić information content (AvgIpc) is 3.47. The maximum atomic E-state index is 12.9. The topological polar surface area (TPSA) is 158 Å². The summed E-state index contributed by atoms with van der Waals surface area (Å²) in [6.07, 6.45) is 1.32. The van der Waals surface area contributed by atoms with Crippen LogP contribution in [0.3, 0.4) is 0 Å². The van der Waals surface area contributed by atoms with Gasteiger partial charge in [0.05, 0.1) is 21.2 Å². The number of halogens is 2. The molecule has 4 aromatic rings. The number of benzene rings is 4. The molecule has 0 atom stereocenters. The van der Waals surface area contributed by atoms with Crippen LogP contribution in [0.1, 0.15) is 36.6 Å². The predicted octanol–water partition coefficient (Wildman–Crippen LogP) is 6.08. The third-order valence-corrected chi connectivity index (χ3v) is 6.98. The lowest BCUT2D eigenvalue weighted by atomic mass is 10.1. The van der Waals surface area contributed by atoms with Crippen molar-refractivity contribution in [3.05, 3.63) is 120 Å². The van der Waals surface area contributed by atoms with Gasteiger partial charge in [0, 0.05) is 39.0 Å². The number of nitrogens with one attached hydrogen (secondary N) is 2. The van der Waals surface area contributed by atoms with Gasteiger partial charge >= 0.3 is 5.97 Å². The molecule has 2 amide bonds. The van der Waals surface area contributed by atoms with Gasteiger partial charge in [0.2, 0.25) is 6.79 Å². The highest BCUT2D eigenvalue weighted by Gasteiger charge is 2.20. The van der Waals surface area contributed by atoms with Crippen molar-refractivity contribution >= 4 is 67.2 Å². The minimum absolute atomic E-state index is 0.0690. The number of anilines is 1. The molecule has 216 valence electrons. The average molecular weight is 710 g/mol. The Kier molecular flexibility index (Phi) is 8.78. The summed E-state index contributed by atoms with van der Waals surface area (Å²) in [7, 11) is 0. The van der Waals surface area contributed by atoms with E-state index in [1.165, 1.54) is 48.7 Å². The largest absolute Gasteiger partial charge is 0.454 e. The van der Waals surface area contributed by atoms with Crippen LogP contribution in [-0.4, -0.2) is 35.7 Å². The minimum atomic E-state index is -0.646. The molecular weight excluding hydrogens is 692 g/mol. The molecule has 2 N–H and O–H groups in total. The summed E-state index contributed by atoms with van der Waals surface area (Å²) in [5.74, 6) is -0.595. The van der Waals surface area contributed by atoms with Gasteiger partial charge in [0.25, 0.3) is 17.5 Å². The maximum Gasteiger partial charge on any atom is 0.343 e. The minimum Gasteiger partial charge on any atom is -0.454 e. The second kappa shape index (κ2) is 12.8. The highest BCUT2D eigenvalue weighted by atomic mass is 79.9. The molecule has 0 unspecified atom stereocenters. The van der Waals surface area contributed by atoms with E-state index < -0.39 is 22.7 Å². The van der Waals surface area contributed by atoms with Gasteiger partial charge in [-0.15, -0.1) is 0 Å². The number of carbonyl (C=O) groups excluding carboxylic acids is 3. The van der Waals surface area contributed by atoms with Crippen molar-refractivity contribution in [2.24, 2.45) is 5.10 Å². The number of rotatable bonds is 8. The second-order valence-electron chi connectivity index (χ2n) is 8.80. The Morgan fingerprint density at radius 3 is 2.40 bits per heavy atom. The van der Waals surface area contributed by atoms with Crippen molar-refractivity contribution in [1.82, 2.24) is 5.43 Å². The van der Waals surface area contributed by atoms with Crippen LogP contribution in [0, 0.1) is 10.1 Å². The molecule has 0 bridgehead atoms. The first-order valence-electron chi connectivity index (χ1n) is 12.3. The summed E-state index contributed by atoms with van der Waals surface area (Å²) in [5, 5.41) is 17.5. The van der Waals surface area contributed by atoms with E-state index in [4.69, 9.17) is 14.2 Å². The van der Waals surface area contributed by atoms with Crippen molar-refractivity contribution in [2.45, 2.75) is 0 Å². The van der Waals surface area contributed by atoms with Crippen LogP contribution >= 0.6 is 31.9 Å². The monoisotopic (exact) mass is 708 g/mol. The number of nitro benzene ring substituents is 1. The zero-order valence-electron chi connectivity index (χ0n) is 21.7. The molecule has 0 saturated carbocycles. The number of fused-ring (bicyclic) bond motifs is 1. The molecule has 0 radical (unpaired) electrons. The van der Waals surface area contributed by atoms with Crippen molar-refractivity contribution in [2.75, 3.05) is 12.1 Å². The van der Waals surface area contributed by atoms with Gasteiger partial charge in [-0.25, -0.2) is 10.2 Å². The quantitative estimate of drug-likeness (QED) is 0.0732. The van der Waals surface area contributed by atoms with Gasteiger partial charge < -0.3 is 19.5 Å². The molecule has 14 heteroatoms. The Bertz CT molecular complexity index is 1790. The van der Waals surface area contributed by atoms with Crippen LogP contribution in [0.15, 0.2) is 92.9 Å². The first kappa shape index (κ1) is 29.4. The summed E-state index contributed by atoms with van der Waals surface area (Å²) in [6, 6.07) is 19.3. The third-order valence-electron chi connectivity index (χ3n) is 5.93. The highest BCUT2D eigenvalue weighted by Crippen LogP contribution is 2.35. The summed E-state index contributed by atoms with van der Waals surface area (Å²) < 4.78 is 17.4. The number of hydrazone groups is 1. The molecule has 1 heterocycles. The molecule has 5 rings (SSSR count). The second-order valence-corrected chi connectivity index (χ2v) is 10.6. The molecule has 4 aromatic carbocycles.